The molecule has 0 aliphatic carbocycles. The first-order valence-corrected chi connectivity index (χ1v) is 11.1. The third-order valence-corrected chi connectivity index (χ3v) is 5.92. The molecule has 0 N–H and O–H groups in total. The van der Waals surface area contributed by atoms with Crippen LogP contribution in [0.2, 0.25) is 5.02 Å². The Kier molecular flexibility index (Phi) is 5.68. The Labute approximate surface area is 203 Å². The standard InChI is InChI=1S/C26H18ClF3N4O/c1-16-3-2-4-19(13-16)23-21(18-6-8-20(27)9-7-18)11-12-33-24(23)32-34(25(33)35)15-17-5-10-22(31-14-17)26(28,29)30/h2-14H,15H2,1H3. The molecule has 0 aliphatic heterocycles. The third kappa shape index (κ3) is 4.44. The predicted octanol–water partition coefficient (Wildman–Crippen LogP) is 6.25. The lowest BCUT2D eigenvalue weighted by atomic mass is 9.95. The maximum Gasteiger partial charge on any atom is 0.433 e. The van der Waals surface area contributed by atoms with E-state index in [1.807, 2.05) is 49.4 Å². The minimum Gasteiger partial charge on any atom is -0.251 e. The molecule has 0 aliphatic rings. The largest absolute Gasteiger partial charge is 0.433 e. The van der Waals surface area contributed by atoms with Gasteiger partial charge in [-0.3, -0.25) is 4.98 Å². The van der Waals surface area contributed by atoms with Crippen LogP contribution in [0.1, 0.15) is 16.8 Å². The van der Waals surface area contributed by atoms with E-state index < -0.39 is 17.6 Å². The molecule has 0 spiro atoms. The summed E-state index contributed by atoms with van der Waals surface area (Å²) >= 11 is 6.08. The highest BCUT2D eigenvalue weighted by Gasteiger charge is 2.32. The summed E-state index contributed by atoms with van der Waals surface area (Å²) in [7, 11) is 0. The molecule has 3 heterocycles. The molecule has 0 amide bonds. The Morgan fingerprint density at radius 1 is 0.971 bits per heavy atom. The number of nitrogens with zero attached hydrogens (tertiary/aromatic N) is 4. The van der Waals surface area contributed by atoms with Crippen LogP contribution < -0.4 is 5.69 Å². The molecule has 0 atom stereocenters. The van der Waals surface area contributed by atoms with E-state index in [4.69, 9.17) is 11.6 Å². The minimum absolute atomic E-state index is 0.0187. The van der Waals surface area contributed by atoms with Crippen molar-refractivity contribution in [2.45, 2.75) is 19.6 Å². The second kappa shape index (κ2) is 8.70. The molecular weight excluding hydrogens is 477 g/mol. The van der Waals surface area contributed by atoms with Crippen molar-refractivity contribution < 1.29 is 13.2 Å². The van der Waals surface area contributed by atoms with Gasteiger partial charge in [0.05, 0.1) is 6.54 Å². The molecule has 5 aromatic rings. The fraction of sp³-hybridized carbons (Fsp3) is 0.115. The summed E-state index contributed by atoms with van der Waals surface area (Å²) < 4.78 is 41.2. The molecule has 0 unspecified atom stereocenters. The molecule has 0 saturated heterocycles. The summed E-state index contributed by atoms with van der Waals surface area (Å²) in [5.41, 5.74) is 3.94. The van der Waals surface area contributed by atoms with Crippen LogP contribution in [0, 0.1) is 6.92 Å². The van der Waals surface area contributed by atoms with Crippen molar-refractivity contribution in [2.75, 3.05) is 0 Å². The topological polar surface area (TPSA) is 52.2 Å². The molecule has 0 saturated carbocycles. The fourth-order valence-corrected chi connectivity index (χ4v) is 4.12. The first-order chi connectivity index (χ1) is 16.7. The van der Waals surface area contributed by atoms with E-state index in [0.717, 1.165) is 40.1 Å². The molecule has 5 nitrogen and oxygen atoms in total. The first-order valence-electron chi connectivity index (χ1n) is 10.7. The van der Waals surface area contributed by atoms with Gasteiger partial charge >= 0.3 is 11.9 Å². The monoisotopic (exact) mass is 494 g/mol. The number of hydrogen-bond acceptors (Lipinski definition) is 3. The summed E-state index contributed by atoms with van der Waals surface area (Å²) in [5, 5.41) is 5.19. The van der Waals surface area contributed by atoms with Gasteiger partial charge < -0.3 is 0 Å². The molecule has 0 fully saturated rings. The van der Waals surface area contributed by atoms with Crippen LogP contribution >= 0.6 is 11.6 Å². The van der Waals surface area contributed by atoms with Crippen LogP contribution in [0.15, 0.2) is 83.9 Å². The van der Waals surface area contributed by atoms with Gasteiger partial charge in [-0.2, -0.15) is 13.2 Å². The van der Waals surface area contributed by atoms with E-state index in [-0.39, 0.29) is 6.54 Å². The van der Waals surface area contributed by atoms with Crippen LogP contribution in [0.25, 0.3) is 27.9 Å². The lowest BCUT2D eigenvalue weighted by molar-refractivity contribution is -0.141. The number of aryl methyl sites for hydroxylation is 1. The number of alkyl halides is 3. The second-order valence-corrected chi connectivity index (χ2v) is 8.60. The van der Waals surface area contributed by atoms with Gasteiger partial charge in [0.15, 0.2) is 5.65 Å². The summed E-state index contributed by atoms with van der Waals surface area (Å²) in [6.45, 7) is 1.96. The van der Waals surface area contributed by atoms with Crippen molar-refractivity contribution in [1.82, 2.24) is 19.2 Å². The van der Waals surface area contributed by atoms with Crippen molar-refractivity contribution in [1.29, 1.82) is 0 Å². The van der Waals surface area contributed by atoms with Gasteiger partial charge in [0.1, 0.15) is 5.69 Å². The smallest absolute Gasteiger partial charge is 0.251 e. The highest BCUT2D eigenvalue weighted by Crippen LogP contribution is 2.35. The van der Waals surface area contributed by atoms with Gasteiger partial charge in [-0.25, -0.2) is 13.9 Å². The number of hydrogen-bond donors (Lipinski definition) is 0. The van der Waals surface area contributed by atoms with Gasteiger partial charge in [-0.1, -0.05) is 59.6 Å². The second-order valence-electron chi connectivity index (χ2n) is 8.16. The van der Waals surface area contributed by atoms with Crippen molar-refractivity contribution in [2.24, 2.45) is 0 Å². The zero-order valence-electron chi connectivity index (χ0n) is 18.4. The number of benzene rings is 2. The van der Waals surface area contributed by atoms with Crippen LogP contribution in [0.3, 0.4) is 0 Å². The van der Waals surface area contributed by atoms with Gasteiger partial charge in [0.25, 0.3) is 0 Å². The molecule has 35 heavy (non-hydrogen) atoms. The maximum atomic E-state index is 13.1. The van der Waals surface area contributed by atoms with Crippen LogP contribution in [0.5, 0.6) is 0 Å². The Morgan fingerprint density at radius 2 is 1.74 bits per heavy atom. The zero-order chi connectivity index (χ0) is 24.7. The molecule has 9 heteroatoms. The Balaban J connectivity index is 1.67. The maximum absolute atomic E-state index is 13.1. The Hall–Kier alpha value is -3.91. The number of rotatable bonds is 4. The van der Waals surface area contributed by atoms with E-state index in [1.165, 1.54) is 15.1 Å². The zero-order valence-corrected chi connectivity index (χ0v) is 19.2. The van der Waals surface area contributed by atoms with Crippen molar-refractivity contribution in [3.63, 3.8) is 0 Å². The summed E-state index contributed by atoms with van der Waals surface area (Å²) in [6.07, 6.45) is -1.77. The molecule has 0 bridgehead atoms. The average molecular weight is 495 g/mol. The molecule has 0 radical (unpaired) electrons. The molecule has 3 aromatic heterocycles. The highest BCUT2D eigenvalue weighted by molar-refractivity contribution is 6.30. The first kappa shape index (κ1) is 22.9. The molecule has 176 valence electrons. The average Bonchev–Trinajstić information content (AvgIpc) is 3.14. The van der Waals surface area contributed by atoms with Crippen LogP contribution in [0.4, 0.5) is 13.2 Å². The number of fused-ring (bicyclic) bond motifs is 1. The molecular formula is C26H18ClF3N4O. The number of halogens is 4. The predicted molar refractivity (Wildman–Crippen MR) is 128 cm³/mol. The lowest BCUT2D eigenvalue weighted by Gasteiger charge is -2.12. The Bertz CT molecular complexity index is 1590. The molecule has 5 rings (SSSR count). The molecule has 2 aromatic carbocycles. The van der Waals surface area contributed by atoms with Gasteiger partial charge in [-0.05, 0) is 53.4 Å². The third-order valence-electron chi connectivity index (χ3n) is 5.66. The number of pyridine rings is 2. The van der Waals surface area contributed by atoms with Crippen molar-refractivity contribution >= 4 is 17.2 Å². The minimum atomic E-state index is -4.53. The normalized spacial score (nSPS) is 11.8. The van der Waals surface area contributed by atoms with E-state index in [1.54, 1.807) is 18.3 Å². The highest BCUT2D eigenvalue weighted by atomic mass is 35.5. The SMILES string of the molecule is Cc1cccc(-c2c(-c3ccc(Cl)cc3)ccn3c(=O)n(Cc4ccc(C(F)(F)F)nc4)nc23)c1. The van der Waals surface area contributed by atoms with E-state index >= 15 is 0 Å². The lowest BCUT2D eigenvalue weighted by Crippen LogP contribution is -2.21. The Morgan fingerprint density at radius 3 is 2.40 bits per heavy atom. The van der Waals surface area contributed by atoms with E-state index in [0.29, 0.717) is 16.2 Å². The fourth-order valence-electron chi connectivity index (χ4n) is 3.99. The van der Waals surface area contributed by atoms with Gasteiger partial charge in [0.2, 0.25) is 0 Å². The van der Waals surface area contributed by atoms with Crippen LogP contribution in [-0.4, -0.2) is 19.2 Å². The summed E-state index contributed by atoms with van der Waals surface area (Å²) in [4.78, 5) is 16.6. The van der Waals surface area contributed by atoms with E-state index in [2.05, 4.69) is 10.1 Å². The van der Waals surface area contributed by atoms with Gasteiger partial charge in [-0.15, -0.1) is 5.10 Å². The quantitative estimate of drug-likeness (QED) is 0.296. The number of aromatic nitrogens is 4. The van der Waals surface area contributed by atoms with Gasteiger partial charge in [0, 0.05) is 23.0 Å². The van der Waals surface area contributed by atoms with Crippen molar-refractivity contribution in [3.8, 4) is 22.3 Å². The van der Waals surface area contributed by atoms with Crippen molar-refractivity contribution in [3.05, 3.63) is 111 Å². The van der Waals surface area contributed by atoms with Crippen LogP contribution in [-0.2, 0) is 12.7 Å². The summed E-state index contributed by atoms with van der Waals surface area (Å²) in [6, 6.07) is 19.3. The van der Waals surface area contributed by atoms with E-state index in [9.17, 15) is 18.0 Å². The summed E-state index contributed by atoms with van der Waals surface area (Å²) in [5.74, 6) is 0.